The van der Waals surface area contributed by atoms with E-state index in [0.717, 1.165) is 0 Å². The maximum absolute atomic E-state index is 12.6. The summed E-state index contributed by atoms with van der Waals surface area (Å²) in [5, 5.41) is 16.5. The second-order valence-electron chi connectivity index (χ2n) is 5.67. The van der Waals surface area contributed by atoms with E-state index >= 15 is 0 Å². The molecular formula is C19H23ClF2IN3O3. The van der Waals surface area contributed by atoms with E-state index in [-0.39, 0.29) is 48.6 Å². The van der Waals surface area contributed by atoms with Gasteiger partial charge in [0.25, 0.3) is 0 Å². The Morgan fingerprint density at radius 3 is 2.59 bits per heavy atom. The molecule has 2 aromatic rings. The third kappa shape index (κ3) is 8.09. The fourth-order valence-electron chi connectivity index (χ4n) is 2.40. The number of nitrogens with one attached hydrogen (secondary N) is 2. The number of hydrogen-bond donors (Lipinski definition) is 3. The Hall–Kier alpha value is -2.01. The van der Waals surface area contributed by atoms with Gasteiger partial charge >= 0.3 is 6.61 Å². The molecule has 0 spiro atoms. The molecule has 2 aromatic carbocycles. The van der Waals surface area contributed by atoms with Gasteiger partial charge in [-0.25, -0.2) is 4.99 Å². The van der Waals surface area contributed by atoms with Crippen LogP contribution in [-0.2, 0) is 13.1 Å². The zero-order valence-electron chi connectivity index (χ0n) is 15.9. The summed E-state index contributed by atoms with van der Waals surface area (Å²) in [4.78, 5) is 4.38. The topological polar surface area (TPSA) is 75.1 Å². The molecule has 0 unspecified atom stereocenters. The Kier molecular flexibility index (Phi) is 10.8. The number of benzene rings is 2. The summed E-state index contributed by atoms with van der Waals surface area (Å²) in [7, 11) is 1.54. The SMILES string of the molecule is CCNC(=NCc1cc(Cl)ccc1OC(F)F)NCc1cc(OC)ccc1O.I. The number of phenolic OH excluding ortho intramolecular Hbond substituents is 1. The number of hydrogen-bond acceptors (Lipinski definition) is 4. The Morgan fingerprint density at radius 2 is 1.93 bits per heavy atom. The van der Waals surface area contributed by atoms with Crippen molar-refractivity contribution in [2.24, 2.45) is 4.99 Å². The molecule has 0 bridgehead atoms. The minimum Gasteiger partial charge on any atom is -0.508 e. The number of guanidine groups is 1. The maximum atomic E-state index is 12.6. The first-order valence-electron chi connectivity index (χ1n) is 8.54. The highest BCUT2D eigenvalue weighted by Gasteiger charge is 2.11. The van der Waals surface area contributed by atoms with E-state index in [9.17, 15) is 13.9 Å². The van der Waals surface area contributed by atoms with Crippen molar-refractivity contribution in [2.75, 3.05) is 13.7 Å². The number of phenols is 1. The molecule has 0 aliphatic carbocycles. The van der Waals surface area contributed by atoms with Crippen LogP contribution in [0.2, 0.25) is 5.02 Å². The average molecular weight is 542 g/mol. The van der Waals surface area contributed by atoms with Gasteiger partial charge in [0, 0.05) is 29.2 Å². The van der Waals surface area contributed by atoms with E-state index < -0.39 is 6.61 Å². The van der Waals surface area contributed by atoms with Gasteiger partial charge in [0.05, 0.1) is 13.7 Å². The fourth-order valence-corrected chi connectivity index (χ4v) is 2.59. The molecule has 0 aromatic heterocycles. The fraction of sp³-hybridized carbons (Fsp3) is 0.316. The van der Waals surface area contributed by atoms with Crippen LogP contribution in [0.15, 0.2) is 41.4 Å². The first kappa shape index (κ1) is 25.0. The number of nitrogens with zero attached hydrogens (tertiary/aromatic N) is 1. The molecular weight excluding hydrogens is 519 g/mol. The number of rotatable bonds is 8. The molecule has 0 amide bonds. The number of alkyl halides is 2. The number of methoxy groups -OCH3 is 1. The van der Waals surface area contributed by atoms with Crippen molar-refractivity contribution < 1.29 is 23.4 Å². The zero-order valence-corrected chi connectivity index (χ0v) is 19.0. The first-order chi connectivity index (χ1) is 13.4. The highest BCUT2D eigenvalue weighted by molar-refractivity contribution is 14.0. The lowest BCUT2D eigenvalue weighted by Gasteiger charge is -2.14. The van der Waals surface area contributed by atoms with Crippen LogP contribution in [0.25, 0.3) is 0 Å². The molecule has 3 N–H and O–H groups in total. The van der Waals surface area contributed by atoms with Gasteiger partial charge in [0.15, 0.2) is 5.96 Å². The lowest BCUT2D eigenvalue weighted by atomic mass is 10.2. The smallest absolute Gasteiger partial charge is 0.387 e. The molecule has 0 heterocycles. The standard InChI is InChI=1S/C19H22ClF2N3O3.HI/c1-3-23-19(24-10-12-9-15(27-2)5-6-16(12)26)25-11-13-8-14(20)4-7-17(13)28-18(21)22;/h4-9,18,26H,3,10-11H2,1-2H3,(H2,23,24,25);1H. The zero-order chi connectivity index (χ0) is 20.5. The molecule has 29 heavy (non-hydrogen) atoms. The summed E-state index contributed by atoms with van der Waals surface area (Å²) in [6.07, 6.45) is 0. The van der Waals surface area contributed by atoms with E-state index in [1.54, 1.807) is 25.3 Å². The lowest BCUT2D eigenvalue weighted by molar-refractivity contribution is -0.0504. The number of aromatic hydroxyl groups is 1. The Bertz CT molecular complexity index is 825. The average Bonchev–Trinajstić information content (AvgIpc) is 2.66. The van der Waals surface area contributed by atoms with E-state index in [1.807, 2.05) is 6.92 Å². The van der Waals surface area contributed by atoms with E-state index in [4.69, 9.17) is 16.3 Å². The Balaban J connectivity index is 0.00000420. The summed E-state index contributed by atoms with van der Waals surface area (Å²) >= 11 is 5.95. The minimum atomic E-state index is -2.94. The normalized spacial score (nSPS) is 11.0. The molecule has 10 heteroatoms. The van der Waals surface area contributed by atoms with Gasteiger partial charge in [-0.15, -0.1) is 24.0 Å². The molecule has 2 rings (SSSR count). The molecule has 0 radical (unpaired) electrons. The van der Waals surface area contributed by atoms with Crippen LogP contribution < -0.4 is 20.1 Å². The predicted octanol–water partition coefficient (Wildman–Crippen LogP) is 4.53. The molecule has 6 nitrogen and oxygen atoms in total. The predicted molar refractivity (Wildman–Crippen MR) is 120 cm³/mol. The lowest BCUT2D eigenvalue weighted by Crippen LogP contribution is -2.36. The van der Waals surface area contributed by atoms with Crippen LogP contribution in [0.1, 0.15) is 18.1 Å². The van der Waals surface area contributed by atoms with Crippen molar-refractivity contribution in [3.63, 3.8) is 0 Å². The van der Waals surface area contributed by atoms with Crippen molar-refractivity contribution in [3.8, 4) is 17.2 Å². The van der Waals surface area contributed by atoms with Gasteiger partial charge in [-0.05, 0) is 43.3 Å². The highest BCUT2D eigenvalue weighted by atomic mass is 127. The monoisotopic (exact) mass is 541 g/mol. The van der Waals surface area contributed by atoms with Crippen molar-refractivity contribution in [1.29, 1.82) is 0 Å². The van der Waals surface area contributed by atoms with Crippen LogP contribution >= 0.6 is 35.6 Å². The van der Waals surface area contributed by atoms with Crippen LogP contribution in [-0.4, -0.2) is 31.3 Å². The van der Waals surface area contributed by atoms with Crippen LogP contribution in [0, 0.1) is 0 Å². The molecule has 0 saturated carbocycles. The van der Waals surface area contributed by atoms with Crippen LogP contribution in [0.5, 0.6) is 17.2 Å². The summed E-state index contributed by atoms with van der Waals surface area (Å²) in [5.74, 6) is 1.19. The van der Waals surface area contributed by atoms with Crippen LogP contribution in [0.3, 0.4) is 0 Å². The second kappa shape index (κ2) is 12.5. The Morgan fingerprint density at radius 1 is 1.17 bits per heavy atom. The summed E-state index contributed by atoms with van der Waals surface area (Å²) in [6.45, 7) is -0.102. The third-order valence-corrected chi connectivity index (χ3v) is 3.96. The number of ether oxygens (including phenoxy) is 2. The van der Waals surface area contributed by atoms with Crippen molar-refractivity contribution >= 4 is 41.5 Å². The van der Waals surface area contributed by atoms with Gasteiger partial charge in [-0.1, -0.05) is 11.6 Å². The van der Waals surface area contributed by atoms with Gasteiger partial charge in [0.2, 0.25) is 0 Å². The molecule has 0 saturated heterocycles. The van der Waals surface area contributed by atoms with E-state index in [2.05, 4.69) is 20.4 Å². The largest absolute Gasteiger partial charge is 0.508 e. The first-order valence-corrected chi connectivity index (χ1v) is 8.92. The van der Waals surface area contributed by atoms with Crippen molar-refractivity contribution in [3.05, 3.63) is 52.5 Å². The van der Waals surface area contributed by atoms with E-state index in [0.29, 0.717) is 34.4 Å². The number of halogens is 4. The quantitative estimate of drug-likeness (QED) is 0.260. The molecule has 0 fully saturated rings. The Labute approximate surface area is 190 Å². The minimum absolute atomic E-state index is 0. The third-order valence-electron chi connectivity index (χ3n) is 3.72. The molecule has 160 valence electrons. The van der Waals surface area contributed by atoms with Crippen molar-refractivity contribution in [1.82, 2.24) is 10.6 Å². The summed E-state index contributed by atoms with van der Waals surface area (Å²) < 4.78 is 34.8. The molecule has 0 aliphatic rings. The summed E-state index contributed by atoms with van der Waals surface area (Å²) in [5.41, 5.74) is 1.05. The highest BCUT2D eigenvalue weighted by Crippen LogP contribution is 2.25. The van der Waals surface area contributed by atoms with E-state index in [1.165, 1.54) is 18.2 Å². The van der Waals surface area contributed by atoms with Gasteiger partial charge < -0.3 is 25.2 Å². The molecule has 0 atom stereocenters. The van der Waals surface area contributed by atoms with Crippen molar-refractivity contribution in [2.45, 2.75) is 26.6 Å². The van der Waals surface area contributed by atoms with Gasteiger partial charge in [-0.2, -0.15) is 8.78 Å². The van der Waals surface area contributed by atoms with Gasteiger partial charge in [0.1, 0.15) is 17.2 Å². The second-order valence-corrected chi connectivity index (χ2v) is 6.11. The maximum Gasteiger partial charge on any atom is 0.387 e. The summed E-state index contributed by atoms with van der Waals surface area (Å²) in [6, 6.07) is 9.29. The van der Waals surface area contributed by atoms with Crippen LogP contribution in [0.4, 0.5) is 8.78 Å². The molecule has 0 aliphatic heterocycles. The number of aliphatic imine (C=N–C) groups is 1. The van der Waals surface area contributed by atoms with Gasteiger partial charge in [-0.3, -0.25) is 0 Å².